The molecule has 0 radical (unpaired) electrons. The van der Waals surface area contributed by atoms with E-state index in [1.165, 1.54) is 12.1 Å². The number of hydroxylamine groups is 1. The molecule has 0 aliphatic carbocycles. The predicted molar refractivity (Wildman–Crippen MR) is 150 cm³/mol. The van der Waals surface area contributed by atoms with Gasteiger partial charge in [-0.3, -0.25) is 9.78 Å². The molecular weight excluding hydrogens is 532 g/mol. The van der Waals surface area contributed by atoms with Crippen molar-refractivity contribution in [2.24, 2.45) is 0 Å². The van der Waals surface area contributed by atoms with Gasteiger partial charge in [-0.2, -0.15) is 0 Å². The minimum absolute atomic E-state index is 0. The summed E-state index contributed by atoms with van der Waals surface area (Å²) < 4.78 is 42.7. The lowest BCUT2D eigenvalue weighted by atomic mass is 9.98. The first-order chi connectivity index (χ1) is 19.5. The molecule has 2 aliphatic rings. The van der Waals surface area contributed by atoms with Crippen molar-refractivity contribution in [1.29, 1.82) is 0 Å². The highest BCUT2D eigenvalue weighted by molar-refractivity contribution is 7.93. The second kappa shape index (κ2) is 12.9. The van der Waals surface area contributed by atoms with Gasteiger partial charge in [0.25, 0.3) is 5.91 Å². The van der Waals surface area contributed by atoms with Crippen LogP contribution in [0.5, 0.6) is 5.75 Å². The number of sulfone groups is 1. The Bertz CT molecular complexity index is 1380. The molecule has 1 atom stereocenters. The van der Waals surface area contributed by atoms with Gasteiger partial charge in [0.05, 0.1) is 17.2 Å². The van der Waals surface area contributed by atoms with E-state index in [1.807, 2.05) is 36.4 Å². The Morgan fingerprint density at radius 2 is 1.85 bits per heavy atom. The summed E-state index contributed by atoms with van der Waals surface area (Å²) in [5, 5.41) is 0. The van der Waals surface area contributed by atoms with Crippen LogP contribution in [0.1, 0.15) is 39.1 Å². The van der Waals surface area contributed by atoms with Crippen molar-refractivity contribution in [3.8, 4) is 17.0 Å². The van der Waals surface area contributed by atoms with Crippen LogP contribution in [0.25, 0.3) is 11.3 Å². The van der Waals surface area contributed by atoms with E-state index in [1.54, 1.807) is 18.3 Å². The summed E-state index contributed by atoms with van der Waals surface area (Å²) in [6.45, 7) is 1.29. The number of aromatic nitrogens is 1. The smallest absolute Gasteiger partial charge is 0.265 e. The average molecular weight is 569 g/mol. The number of hydrogen-bond acceptors (Lipinski definition) is 8. The fourth-order valence-corrected chi connectivity index (χ4v) is 6.92. The number of nitrogens with one attached hydrogen (secondary N) is 1. The van der Waals surface area contributed by atoms with Gasteiger partial charge in [-0.15, -0.1) is 0 Å². The molecule has 2 fully saturated rings. The largest absolute Gasteiger partial charge is 0.493 e. The standard InChI is InChI=1S/C30H34N2O7S.H2/c33-29(32-39-28-9-2-4-18-38-28)30(15-20-36-21-16-30)40(34,35)26-12-10-25(11-13-26)37-19-14-23-6-5-7-24(22-23)27-8-1-3-17-31-27;/h1,3,5-8,10-13,17,22,28H,2,4,9,14-16,18-21H2,(H,32,33);1H. The Morgan fingerprint density at radius 1 is 1.02 bits per heavy atom. The van der Waals surface area contributed by atoms with Crippen molar-refractivity contribution in [3.05, 3.63) is 78.5 Å². The first-order valence-electron chi connectivity index (χ1n) is 13.6. The maximum atomic E-state index is 13.8. The van der Waals surface area contributed by atoms with Crippen molar-refractivity contribution < 1.29 is 33.7 Å². The minimum atomic E-state index is -4.06. The summed E-state index contributed by atoms with van der Waals surface area (Å²) in [4.78, 5) is 23.2. The number of ether oxygens (including phenoxy) is 3. The molecule has 214 valence electrons. The van der Waals surface area contributed by atoms with E-state index in [4.69, 9.17) is 19.0 Å². The lowest BCUT2D eigenvalue weighted by molar-refractivity contribution is -0.202. The van der Waals surface area contributed by atoms with Crippen LogP contribution in [0.3, 0.4) is 0 Å². The number of pyridine rings is 1. The van der Waals surface area contributed by atoms with E-state index in [0.717, 1.165) is 29.7 Å². The van der Waals surface area contributed by atoms with E-state index in [0.29, 0.717) is 31.8 Å². The third-order valence-corrected chi connectivity index (χ3v) is 9.85. The summed E-state index contributed by atoms with van der Waals surface area (Å²) in [6.07, 6.45) is 4.43. The fourth-order valence-electron chi connectivity index (χ4n) is 4.98. The predicted octanol–water partition coefficient (Wildman–Crippen LogP) is 4.51. The molecule has 2 saturated heterocycles. The average Bonchev–Trinajstić information content (AvgIpc) is 3.01. The third-order valence-electron chi connectivity index (χ3n) is 7.33. The van der Waals surface area contributed by atoms with E-state index >= 15 is 0 Å². The van der Waals surface area contributed by atoms with Crippen LogP contribution in [-0.4, -0.2) is 56.8 Å². The Hall–Kier alpha value is -3.31. The lowest BCUT2D eigenvalue weighted by Crippen LogP contribution is -2.56. The quantitative estimate of drug-likeness (QED) is 0.356. The molecule has 0 spiro atoms. The first-order valence-corrected chi connectivity index (χ1v) is 15.1. The molecule has 0 saturated carbocycles. The Morgan fingerprint density at radius 3 is 2.58 bits per heavy atom. The van der Waals surface area contributed by atoms with Crippen molar-refractivity contribution >= 4 is 15.7 Å². The second-order valence-electron chi connectivity index (χ2n) is 9.94. The number of nitrogens with zero attached hydrogens (tertiary/aromatic N) is 1. The molecular formula is C30H36N2O7S. The van der Waals surface area contributed by atoms with Gasteiger partial charge in [0, 0.05) is 45.8 Å². The summed E-state index contributed by atoms with van der Waals surface area (Å²) >= 11 is 0. The Labute approximate surface area is 236 Å². The molecule has 1 unspecified atom stereocenters. The Kier molecular flexibility index (Phi) is 9.11. The SMILES string of the molecule is O=C(NOC1CCCCO1)C1(S(=O)(=O)c2ccc(OCCc3cccc(-c4ccccn4)c3)cc2)CCOCC1.[HH]. The monoisotopic (exact) mass is 568 g/mol. The summed E-state index contributed by atoms with van der Waals surface area (Å²) in [5.41, 5.74) is 5.43. The first kappa shape index (κ1) is 28.2. The summed E-state index contributed by atoms with van der Waals surface area (Å²) in [6, 6.07) is 20.2. The van der Waals surface area contributed by atoms with Crippen LogP contribution >= 0.6 is 0 Å². The molecule has 1 aromatic heterocycles. The van der Waals surface area contributed by atoms with Crippen molar-refractivity contribution in [1.82, 2.24) is 10.5 Å². The Balaban J connectivity index is 0.00000387. The van der Waals surface area contributed by atoms with E-state index in [9.17, 15) is 13.2 Å². The minimum Gasteiger partial charge on any atom is -0.493 e. The van der Waals surface area contributed by atoms with E-state index < -0.39 is 26.8 Å². The highest BCUT2D eigenvalue weighted by Crippen LogP contribution is 2.36. The maximum absolute atomic E-state index is 13.8. The zero-order chi connectivity index (χ0) is 27.8. The van der Waals surface area contributed by atoms with Crippen LogP contribution in [0.15, 0.2) is 77.8 Å². The van der Waals surface area contributed by atoms with Gasteiger partial charge in [-0.1, -0.05) is 24.3 Å². The molecule has 5 rings (SSSR count). The number of carbonyl (C=O) groups is 1. The number of hydrogen-bond donors (Lipinski definition) is 1. The van der Waals surface area contributed by atoms with Crippen LogP contribution in [0, 0.1) is 0 Å². The molecule has 40 heavy (non-hydrogen) atoms. The lowest BCUT2D eigenvalue weighted by Gasteiger charge is -2.35. The molecule has 1 N–H and O–H groups in total. The number of amides is 1. The van der Waals surface area contributed by atoms with Gasteiger partial charge in [0.15, 0.2) is 20.9 Å². The van der Waals surface area contributed by atoms with Gasteiger partial charge in [0.2, 0.25) is 0 Å². The molecule has 2 aromatic carbocycles. The van der Waals surface area contributed by atoms with Crippen molar-refractivity contribution in [2.75, 3.05) is 26.4 Å². The number of carbonyl (C=O) groups excluding carboxylic acids is 1. The van der Waals surface area contributed by atoms with Gasteiger partial charge < -0.3 is 14.2 Å². The molecule has 9 nitrogen and oxygen atoms in total. The van der Waals surface area contributed by atoms with Gasteiger partial charge in [-0.05, 0) is 73.7 Å². The maximum Gasteiger partial charge on any atom is 0.265 e. The zero-order valence-electron chi connectivity index (χ0n) is 22.3. The van der Waals surface area contributed by atoms with E-state index in [2.05, 4.69) is 16.5 Å². The second-order valence-corrected chi connectivity index (χ2v) is 12.2. The van der Waals surface area contributed by atoms with E-state index in [-0.39, 0.29) is 32.4 Å². The van der Waals surface area contributed by atoms with Crippen LogP contribution in [0.4, 0.5) is 0 Å². The highest BCUT2D eigenvalue weighted by Gasteiger charge is 2.52. The number of benzene rings is 2. The fraction of sp³-hybridized carbons (Fsp3) is 0.400. The molecule has 1 amide bonds. The highest BCUT2D eigenvalue weighted by atomic mass is 32.2. The van der Waals surface area contributed by atoms with Gasteiger partial charge in [-0.25, -0.2) is 18.7 Å². The molecule has 10 heteroatoms. The van der Waals surface area contributed by atoms with Crippen LogP contribution in [-0.2, 0) is 35.4 Å². The molecule has 2 aliphatic heterocycles. The van der Waals surface area contributed by atoms with Crippen molar-refractivity contribution in [2.45, 2.75) is 54.5 Å². The van der Waals surface area contributed by atoms with Crippen LogP contribution in [0.2, 0.25) is 0 Å². The molecule has 3 heterocycles. The zero-order valence-corrected chi connectivity index (χ0v) is 23.1. The normalized spacial score (nSPS) is 19.1. The van der Waals surface area contributed by atoms with Crippen molar-refractivity contribution in [3.63, 3.8) is 0 Å². The summed E-state index contributed by atoms with van der Waals surface area (Å²) in [5.74, 6) is -0.152. The van der Waals surface area contributed by atoms with Gasteiger partial charge >= 0.3 is 0 Å². The van der Waals surface area contributed by atoms with Gasteiger partial charge in [0.1, 0.15) is 5.75 Å². The molecule has 3 aromatic rings. The molecule has 0 bridgehead atoms. The van der Waals surface area contributed by atoms with Crippen LogP contribution < -0.4 is 10.2 Å². The topological polar surface area (TPSA) is 113 Å². The summed E-state index contributed by atoms with van der Waals surface area (Å²) in [7, 11) is -4.06. The third kappa shape index (κ3) is 6.36. The number of rotatable bonds is 10.